The van der Waals surface area contributed by atoms with Crippen LogP contribution in [0.25, 0.3) is 0 Å². The molecule has 1 unspecified atom stereocenters. The van der Waals surface area contributed by atoms with E-state index in [2.05, 4.69) is 15.3 Å². The van der Waals surface area contributed by atoms with Crippen LogP contribution in [0.3, 0.4) is 0 Å². The van der Waals surface area contributed by atoms with Gasteiger partial charge in [-0.05, 0) is 26.0 Å². The minimum atomic E-state index is -0.835. The molecule has 0 aliphatic carbocycles. The van der Waals surface area contributed by atoms with Crippen molar-refractivity contribution >= 4 is 5.69 Å². The summed E-state index contributed by atoms with van der Waals surface area (Å²) in [5, 5.41) is 12.2. The lowest BCUT2D eigenvalue weighted by Crippen LogP contribution is -2.30. The summed E-state index contributed by atoms with van der Waals surface area (Å²) in [5.74, 6) is 0. The Morgan fingerprint density at radius 2 is 1.80 bits per heavy atom. The first-order valence-electron chi connectivity index (χ1n) is 6.07. The molecular formula is C14H14N4O2. The van der Waals surface area contributed by atoms with Gasteiger partial charge in [0.05, 0.1) is 11.6 Å². The standard InChI is InChI=1S/C14H14N4O2/c1-8-3-5-10(6-4-8)17-11(7-15)12-9(2)16-14(20)18-13(12)19/h3-6,11,17H,1-2H3,(H2,16,18,19,20). The summed E-state index contributed by atoms with van der Waals surface area (Å²) in [7, 11) is 0. The number of hydrogen-bond acceptors (Lipinski definition) is 4. The molecule has 0 aliphatic rings. The Balaban J connectivity index is 2.39. The van der Waals surface area contributed by atoms with Gasteiger partial charge in [0.2, 0.25) is 0 Å². The molecule has 0 radical (unpaired) electrons. The third-order valence-corrected chi connectivity index (χ3v) is 2.96. The summed E-state index contributed by atoms with van der Waals surface area (Å²) in [6, 6.07) is 8.66. The molecule has 6 heteroatoms. The molecule has 0 saturated carbocycles. The second kappa shape index (κ2) is 5.45. The fourth-order valence-corrected chi connectivity index (χ4v) is 1.94. The van der Waals surface area contributed by atoms with Gasteiger partial charge in [-0.25, -0.2) is 4.79 Å². The summed E-state index contributed by atoms with van der Waals surface area (Å²) >= 11 is 0. The van der Waals surface area contributed by atoms with Crippen molar-refractivity contribution in [3.05, 3.63) is 61.9 Å². The van der Waals surface area contributed by atoms with E-state index in [9.17, 15) is 14.9 Å². The highest BCUT2D eigenvalue weighted by Crippen LogP contribution is 2.18. The van der Waals surface area contributed by atoms with Crippen molar-refractivity contribution in [3.8, 4) is 6.07 Å². The van der Waals surface area contributed by atoms with E-state index in [0.29, 0.717) is 5.69 Å². The second-order valence-electron chi connectivity index (χ2n) is 4.52. The van der Waals surface area contributed by atoms with Gasteiger partial charge in [0, 0.05) is 11.4 Å². The van der Waals surface area contributed by atoms with Crippen molar-refractivity contribution in [1.29, 1.82) is 5.26 Å². The lowest BCUT2D eigenvalue weighted by Gasteiger charge is -2.14. The maximum absolute atomic E-state index is 11.8. The van der Waals surface area contributed by atoms with E-state index in [1.165, 1.54) is 0 Å². The predicted octanol–water partition coefficient (Wildman–Crippen LogP) is 1.36. The molecule has 0 amide bonds. The number of anilines is 1. The van der Waals surface area contributed by atoms with Crippen LogP contribution in [-0.4, -0.2) is 9.97 Å². The number of aromatic amines is 2. The van der Waals surface area contributed by atoms with Crippen molar-refractivity contribution < 1.29 is 0 Å². The van der Waals surface area contributed by atoms with Gasteiger partial charge in [-0.2, -0.15) is 5.26 Å². The number of hydrogen-bond donors (Lipinski definition) is 3. The minimum Gasteiger partial charge on any atom is -0.366 e. The molecule has 0 aliphatic heterocycles. The lowest BCUT2D eigenvalue weighted by molar-refractivity contribution is 0.877. The first-order valence-corrected chi connectivity index (χ1v) is 6.07. The highest BCUT2D eigenvalue weighted by Gasteiger charge is 2.18. The Bertz CT molecular complexity index is 765. The highest BCUT2D eigenvalue weighted by atomic mass is 16.2. The predicted molar refractivity (Wildman–Crippen MR) is 75.6 cm³/mol. The van der Waals surface area contributed by atoms with Crippen LogP contribution in [-0.2, 0) is 0 Å². The number of aromatic nitrogens is 2. The molecule has 20 heavy (non-hydrogen) atoms. The number of benzene rings is 1. The van der Waals surface area contributed by atoms with E-state index < -0.39 is 17.3 Å². The first-order chi connectivity index (χ1) is 9.51. The van der Waals surface area contributed by atoms with E-state index in [1.54, 1.807) is 6.92 Å². The number of aryl methyl sites for hydroxylation is 2. The Hall–Kier alpha value is -2.81. The molecule has 1 atom stereocenters. The number of H-pyrrole nitrogens is 2. The van der Waals surface area contributed by atoms with Crippen LogP contribution >= 0.6 is 0 Å². The fraction of sp³-hybridized carbons (Fsp3) is 0.214. The summed E-state index contributed by atoms with van der Waals surface area (Å²) < 4.78 is 0. The summed E-state index contributed by atoms with van der Waals surface area (Å²) in [4.78, 5) is 27.6. The normalized spacial score (nSPS) is 11.7. The maximum Gasteiger partial charge on any atom is 0.325 e. The van der Waals surface area contributed by atoms with Gasteiger partial charge >= 0.3 is 5.69 Å². The molecule has 6 nitrogen and oxygen atoms in total. The zero-order valence-corrected chi connectivity index (χ0v) is 11.2. The Morgan fingerprint density at radius 1 is 1.15 bits per heavy atom. The Kier molecular flexibility index (Phi) is 3.71. The quantitative estimate of drug-likeness (QED) is 0.783. The zero-order chi connectivity index (χ0) is 14.7. The van der Waals surface area contributed by atoms with Crippen LogP contribution in [0.4, 0.5) is 5.69 Å². The molecule has 0 saturated heterocycles. The van der Waals surface area contributed by atoms with Crippen molar-refractivity contribution in [2.45, 2.75) is 19.9 Å². The van der Waals surface area contributed by atoms with Gasteiger partial charge in [0.15, 0.2) is 0 Å². The monoisotopic (exact) mass is 270 g/mol. The minimum absolute atomic E-state index is 0.215. The van der Waals surface area contributed by atoms with E-state index in [1.807, 2.05) is 37.3 Å². The molecule has 2 rings (SSSR count). The van der Waals surface area contributed by atoms with E-state index in [4.69, 9.17) is 0 Å². The van der Waals surface area contributed by atoms with Crippen molar-refractivity contribution in [2.24, 2.45) is 0 Å². The molecule has 102 valence electrons. The second-order valence-corrected chi connectivity index (χ2v) is 4.52. The van der Waals surface area contributed by atoms with Gasteiger partial charge in [0.1, 0.15) is 6.04 Å². The molecule has 2 aromatic rings. The smallest absolute Gasteiger partial charge is 0.325 e. The van der Waals surface area contributed by atoms with Crippen LogP contribution < -0.4 is 16.6 Å². The lowest BCUT2D eigenvalue weighted by atomic mass is 10.1. The van der Waals surface area contributed by atoms with E-state index in [-0.39, 0.29) is 5.56 Å². The average Bonchev–Trinajstić information content (AvgIpc) is 2.38. The SMILES string of the molecule is Cc1ccc(NC(C#N)c2c(C)[nH]c(=O)[nH]c2=O)cc1. The average molecular weight is 270 g/mol. The molecular weight excluding hydrogens is 256 g/mol. The van der Waals surface area contributed by atoms with E-state index >= 15 is 0 Å². The number of rotatable bonds is 3. The van der Waals surface area contributed by atoms with E-state index in [0.717, 1.165) is 11.3 Å². The van der Waals surface area contributed by atoms with Crippen LogP contribution in [0, 0.1) is 25.2 Å². The molecule has 1 aromatic heterocycles. The van der Waals surface area contributed by atoms with Crippen LogP contribution in [0.15, 0.2) is 33.9 Å². The molecule has 1 heterocycles. The zero-order valence-electron chi connectivity index (χ0n) is 11.2. The molecule has 0 fully saturated rings. The topological polar surface area (TPSA) is 102 Å². The summed E-state index contributed by atoms with van der Waals surface area (Å²) in [5.41, 5.74) is 1.28. The van der Waals surface area contributed by atoms with Crippen LogP contribution in [0.1, 0.15) is 22.9 Å². The van der Waals surface area contributed by atoms with Gasteiger partial charge in [-0.15, -0.1) is 0 Å². The molecule has 0 spiro atoms. The number of nitrogens with one attached hydrogen (secondary N) is 3. The Labute approximate surface area is 115 Å². The van der Waals surface area contributed by atoms with Crippen molar-refractivity contribution in [3.63, 3.8) is 0 Å². The third kappa shape index (κ3) is 2.78. The highest BCUT2D eigenvalue weighted by molar-refractivity contribution is 5.48. The first kappa shape index (κ1) is 13.6. The number of nitrogens with zero attached hydrogens (tertiary/aromatic N) is 1. The number of nitriles is 1. The summed E-state index contributed by atoms with van der Waals surface area (Å²) in [6.45, 7) is 3.55. The Morgan fingerprint density at radius 3 is 2.35 bits per heavy atom. The van der Waals surface area contributed by atoms with Crippen LogP contribution in [0.5, 0.6) is 0 Å². The van der Waals surface area contributed by atoms with Crippen LogP contribution in [0.2, 0.25) is 0 Å². The maximum atomic E-state index is 11.8. The largest absolute Gasteiger partial charge is 0.366 e. The van der Waals surface area contributed by atoms with Gasteiger partial charge < -0.3 is 10.3 Å². The van der Waals surface area contributed by atoms with Gasteiger partial charge in [-0.3, -0.25) is 9.78 Å². The van der Waals surface area contributed by atoms with Gasteiger partial charge in [-0.1, -0.05) is 17.7 Å². The van der Waals surface area contributed by atoms with Crippen molar-refractivity contribution in [2.75, 3.05) is 5.32 Å². The van der Waals surface area contributed by atoms with Gasteiger partial charge in [0.25, 0.3) is 5.56 Å². The molecule has 1 aromatic carbocycles. The fourth-order valence-electron chi connectivity index (χ4n) is 1.94. The third-order valence-electron chi connectivity index (χ3n) is 2.96. The molecule has 0 bridgehead atoms. The summed E-state index contributed by atoms with van der Waals surface area (Å²) in [6.07, 6.45) is 0. The van der Waals surface area contributed by atoms with Crippen molar-refractivity contribution in [1.82, 2.24) is 9.97 Å². The molecule has 3 N–H and O–H groups in total.